The highest BCUT2D eigenvalue weighted by Crippen LogP contribution is 2.32. The van der Waals surface area contributed by atoms with Gasteiger partial charge in [0.2, 0.25) is 5.91 Å². The minimum Gasteiger partial charge on any atom is -0.478 e. The summed E-state index contributed by atoms with van der Waals surface area (Å²) in [4.78, 5) is 23.0. The molecule has 0 aliphatic carbocycles. The van der Waals surface area contributed by atoms with Crippen molar-refractivity contribution in [3.63, 3.8) is 0 Å². The average Bonchev–Trinajstić information content (AvgIpc) is 2.78. The van der Waals surface area contributed by atoms with E-state index in [0.29, 0.717) is 30.1 Å². The molecule has 3 rings (SSSR count). The second kappa shape index (κ2) is 5.85. The van der Waals surface area contributed by atoms with Crippen molar-refractivity contribution in [3.8, 4) is 0 Å². The van der Waals surface area contributed by atoms with Gasteiger partial charge in [-0.15, -0.1) is 0 Å². The van der Waals surface area contributed by atoms with Crippen LogP contribution in [0.3, 0.4) is 0 Å². The van der Waals surface area contributed by atoms with Crippen LogP contribution in [-0.4, -0.2) is 29.1 Å². The minimum absolute atomic E-state index is 0.0242. The smallest absolute Gasteiger partial charge is 0.335 e. The van der Waals surface area contributed by atoms with E-state index in [0.717, 1.165) is 12.8 Å². The molecule has 1 aromatic rings. The number of piperidine rings is 1. The van der Waals surface area contributed by atoms with Crippen LogP contribution in [0.25, 0.3) is 0 Å². The quantitative estimate of drug-likeness (QED) is 0.794. The third-order valence-corrected chi connectivity index (χ3v) is 4.44. The summed E-state index contributed by atoms with van der Waals surface area (Å²) in [6.45, 7) is 0. The summed E-state index contributed by atoms with van der Waals surface area (Å²) in [6.07, 6.45) is 5.11. The Hall–Kier alpha value is -1.88. The van der Waals surface area contributed by atoms with Crippen molar-refractivity contribution in [2.75, 3.05) is 5.32 Å². The average molecular weight is 288 g/mol. The molecular weight excluding hydrogens is 268 g/mol. The Labute approximate surface area is 123 Å². The first-order chi connectivity index (χ1) is 10.1. The van der Waals surface area contributed by atoms with Gasteiger partial charge in [-0.2, -0.15) is 0 Å². The van der Waals surface area contributed by atoms with Gasteiger partial charge in [0.05, 0.1) is 5.56 Å². The second-order valence-corrected chi connectivity index (χ2v) is 6.11. The van der Waals surface area contributed by atoms with E-state index in [1.807, 2.05) is 0 Å². The maximum atomic E-state index is 12.1. The largest absolute Gasteiger partial charge is 0.478 e. The van der Waals surface area contributed by atoms with Crippen LogP contribution >= 0.6 is 0 Å². The van der Waals surface area contributed by atoms with Gasteiger partial charge in [0.15, 0.2) is 0 Å². The van der Waals surface area contributed by atoms with Crippen molar-refractivity contribution in [1.29, 1.82) is 0 Å². The van der Waals surface area contributed by atoms with Gasteiger partial charge in [-0.05, 0) is 49.8 Å². The van der Waals surface area contributed by atoms with Crippen molar-refractivity contribution in [3.05, 3.63) is 29.8 Å². The van der Waals surface area contributed by atoms with Crippen molar-refractivity contribution >= 4 is 17.6 Å². The topological polar surface area (TPSA) is 78.4 Å². The first-order valence-corrected chi connectivity index (χ1v) is 7.49. The molecule has 2 atom stereocenters. The third kappa shape index (κ3) is 3.42. The predicted molar refractivity (Wildman–Crippen MR) is 79.3 cm³/mol. The number of carboxylic acid groups (broad SMARTS) is 1. The van der Waals surface area contributed by atoms with Gasteiger partial charge in [0.25, 0.3) is 0 Å². The van der Waals surface area contributed by atoms with Gasteiger partial charge < -0.3 is 15.7 Å². The maximum Gasteiger partial charge on any atom is 0.335 e. The normalized spacial score (nSPS) is 27.3. The first-order valence-electron chi connectivity index (χ1n) is 7.49. The Morgan fingerprint density at radius 3 is 2.62 bits per heavy atom. The first kappa shape index (κ1) is 14.1. The Bertz CT molecular complexity index is 546. The lowest BCUT2D eigenvalue weighted by Crippen LogP contribution is -2.39. The van der Waals surface area contributed by atoms with Crippen LogP contribution in [0.4, 0.5) is 5.69 Å². The molecule has 5 heteroatoms. The molecule has 2 aliphatic rings. The number of fused-ring (bicyclic) bond motifs is 2. The van der Waals surface area contributed by atoms with Crippen molar-refractivity contribution in [2.24, 2.45) is 5.92 Å². The lowest BCUT2D eigenvalue weighted by atomic mass is 9.89. The van der Waals surface area contributed by atoms with E-state index in [2.05, 4.69) is 10.6 Å². The molecule has 1 amide bonds. The van der Waals surface area contributed by atoms with Gasteiger partial charge >= 0.3 is 5.97 Å². The highest BCUT2D eigenvalue weighted by atomic mass is 16.4. The highest BCUT2D eigenvalue weighted by Gasteiger charge is 2.34. The molecule has 2 bridgehead atoms. The molecule has 2 unspecified atom stereocenters. The number of rotatable bonds is 4. The SMILES string of the molecule is O=C(CC1CC2CCC(C1)N2)Nc1cccc(C(=O)O)c1. The van der Waals surface area contributed by atoms with Crippen LogP contribution < -0.4 is 10.6 Å². The van der Waals surface area contributed by atoms with E-state index in [1.165, 1.54) is 25.0 Å². The van der Waals surface area contributed by atoms with Crippen LogP contribution in [0.15, 0.2) is 24.3 Å². The van der Waals surface area contributed by atoms with Crippen molar-refractivity contribution in [2.45, 2.75) is 44.2 Å². The molecule has 112 valence electrons. The molecule has 3 N–H and O–H groups in total. The summed E-state index contributed by atoms with van der Waals surface area (Å²) in [5.74, 6) is -0.573. The van der Waals surface area contributed by atoms with E-state index < -0.39 is 5.97 Å². The van der Waals surface area contributed by atoms with E-state index in [9.17, 15) is 9.59 Å². The zero-order chi connectivity index (χ0) is 14.8. The molecule has 1 aromatic carbocycles. The van der Waals surface area contributed by atoms with E-state index in [1.54, 1.807) is 12.1 Å². The predicted octanol–water partition coefficient (Wildman–Crippen LogP) is 2.24. The zero-order valence-electron chi connectivity index (χ0n) is 11.8. The van der Waals surface area contributed by atoms with E-state index in [4.69, 9.17) is 5.11 Å². The second-order valence-electron chi connectivity index (χ2n) is 6.11. The molecule has 5 nitrogen and oxygen atoms in total. The molecule has 2 fully saturated rings. The third-order valence-electron chi connectivity index (χ3n) is 4.44. The Morgan fingerprint density at radius 1 is 1.24 bits per heavy atom. The molecule has 0 aromatic heterocycles. The number of amides is 1. The number of nitrogens with one attached hydrogen (secondary N) is 2. The maximum absolute atomic E-state index is 12.1. The Morgan fingerprint density at radius 2 is 1.95 bits per heavy atom. The molecule has 2 aliphatic heterocycles. The van der Waals surface area contributed by atoms with E-state index in [-0.39, 0.29) is 11.5 Å². The van der Waals surface area contributed by atoms with Crippen molar-refractivity contribution < 1.29 is 14.7 Å². The fourth-order valence-corrected chi connectivity index (χ4v) is 3.55. The molecule has 0 saturated carbocycles. The van der Waals surface area contributed by atoms with Crippen LogP contribution in [0.5, 0.6) is 0 Å². The number of carbonyl (C=O) groups is 2. The number of hydrogen-bond donors (Lipinski definition) is 3. The number of benzene rings is 1. The zero-order valence-corrected chi connectivity index (χ0v) is 11.8. The number of hydrogen-bond acceptors (Lipinski definition) is 3. The number of carboxylic acids is 1. The minimum atomic E-state index is -0.985. The van der Waals surface area contributed by atoms with Gasteiger partial charge in [0, 0.05) is 24.2 Å². The lowest BCUT2D eigenvalue weighted by molar-refractivity contribution is -0.117. The summed E-state index contributed by atoms with van der Waals surface area (Å²) >= 11 is 0. The molecule has 21 heavy (non-hydrogen) atoms. The van der Waals surface area contributed by atoms with Gasteiger partial charge in [-0.1, -0.05) is 6.07 Å². The number of carbonyl (C=O) groups excluding carboxylic acids is 1. The standard InChI is InChI=1S/C16H20N2O3/c19-15(8-10-6-13-4-5-14(7-10)17-13)18-12-3-1-2-11(9-12)16(20)21/h1-3,9-10,13-14,17H,4-8H2,(H,18,19)(H,20,21). The number of anilines is 1. The van der Waals surface area contributed by atoms with Crippen LogP contribution in [0.1, 0.15) is 42.5 Å². The monoisotopic (exact) mass is 288 g/mol. The Kier molecular flexibility index (Phi) is 3.92. The van der Waals surface area contributed by atoms with Crippen LogP contribution in [0, 0.1) is 5.92 Å². The number of aromatic carboxylic acids is 1. The van der Waals surface area contributed by atoms with Crippen LogP contribution in [-0.2, 0) is 4.79 Å². The summed E-state index contributed by atoms with van der Waals surface area (Å²) in [7, 11) is 0. The fourth-order valence-electron chi connectivity index (χ4n) is 3.55. The summed E-state index contributed by atoms with van der Waals surface area (Å²) in [5, 5.41) is 15.3. The van der Waals surface area contributed by atoms with Crippen molar-refractivity contribution in [1.82, 2.24) is 5.32 Å². The lowest BCUT2D eigenvalue weighted by Gasteiger charge is -2.28. The Balaban J connectivity index is 1.56. The fraction of sp³-hybridized carbons (Fsp3) is 0.500. The van der Waals surface area contributed by atoms with Gasteiger partial charge in [-0.25, -0.2) is 4.79 Å². The molecule has 2 heterocycles. The van der Waals surface area contributed by atoms with Crippen LogP contribution in [0.2, 0.25) is 0 Å². The van der Waals surface area contributed by atoms with Gasteiger partial charge in [0.1, 0.15) is 0 Å². The van der Waals surface area contributed by atoms with Gasteiger partial charge in [-0.3, -0.25) is 4.79 Å². The molecule has 0 spiro atoms. The molecule has 2 saturated heterocycles. The highest BCUT2D eigenvalue weighted by molar-refractivity contribution is 5.93. The summed E-state index contributed by atoms with van der Waals surface area (Å²) in [6, 6.07) is 7.53. The summed E-state index contributed by atoms with van der Waals surface area (Å²) in [5.41, 5.74) is 0.740. The molecule has 0 radical (unpaired) electrons. The molecular formula is C16H20N2O3. The van der Waals surface area contributed by atoms with E-state index >= 15 is 0 Å². The summed E-state index contributed by atoms with van der Waals surface area (Å²) < 4.78 is 0.